The summed E-state index contributed by atoms with van der Waals surface area (Å²) >= 11 is 0. The van der Waals surface area contributed by atoms with E-state index in [0.717, 1.165) is 10.6 Å². The molecule has 0 amide bonds. The van der Waals surface area contributed by atoms with Gasteiger partial charge in [-0.3, -0.25) is 9.36 Å². The van der Waals surface area contributed by atoms with Gasteiger partial charge in [0.1, 0.15) is 17.4 Å². The van der Waals surface area contributed by atoms with Crippen LogP contribution in [-0.4, -0.2) is 32.2 Å². The highest BCUT2D eigenvalue weighted by Crippen LogP contribution is 2.31. The molecule has 2 heterocycles. The summed E-state index contributed by atoms with van der Waals surface area (Å²) in [5, 5.41) is 11.2. The summed E-state index contributed by atoms with van der Waals surface area (Å²) in [6, 6.07) is 3.33. The van der Waals surface area contributed by atoms with Crippen molar-refractivity contribution in [2.45, 2.75) is 20.0 Å². The Kier molecular flexibility index (Phi) is 6.14. The molecule has 0 aliphatic rings. The fourth-order valence-corrected chi connectivity index (χ4v) is 2.87. The van der Waals surface area contributed by atoms with Crippen molar-refractivity contribution in [2.24, 2.45) is 0 Å². The maximum absolute atomic E-state index is 14.1. The minimum atomic E-state index is -4.71. The van der Waals surface area contributed by atoms with Gasteiger partial charge in [-0.25, -0.2) is 19.2 Å². The molecule has 3 aromatic rings. The first-order valence-corrected chi connectivity index (χ1v) is 9.02. The quantitative estimate of drug-likeness (QED) is 0.551. The number of nitrogens with one attached hydrogen (secondary N) is 1. The average molecular weight is 452 g/mol. The molecule has 0 spiro atoms. The standard InChI is InChI=1S/C20H16F4N4O4/c1-10-7-15(26-11(2)17(10)32-9-16(29)30)28-6-5-25-18(19(28)31)27-14-4-3-12(8-13(14)21)20(22,23)24/h3-8H,9H2,1-2H3,(H,25,27)(H,29,30). The van der Waals surface area contributed by atoms with E-state index in [4.69, 9.17) is 9.84 Å². The van der Waals surface area contributed by atoms with Crippen molar-refractivity contribution in [3.8, 4) is 11.6 Å². The zero-order chi connectivity index (χ0) is 23.6. The Morgan fingerprint density at radius 1 is 1.25 bits per heavy atom. The highest BCUT2D eigenvalue weighted by Gasteiger charge is 2.31. The van der Waals surface area contributed by atoms with Crippen LogP contribution in [0.4, 0.5) is 29.1 Å². The molecule has 2 aromatic heterocycles. The molecule has 12 heteroatoms. The van der Waals surface area contributed by atoms with Crippen LogP contribution in [0.2, 0.25) is 0 Å². The van der Waals surface area contributed by atoms with E-state index < -0.39 is 35.7 Å². The van der Waals surface area contributed by atoms with Gasteiger partial charge in [0.05, 0.1) is 16.9 Å². The number of anilines is 2. The van der Waals surface area contributed by atoms with Crippen molar-refractivity contribution in [1.82, 2.24) is 14.5 Å². The number of carboxylic acids is 1. The third-order valence-corrected chi connectivity index (χ3v) is 4.29. The normalized spacial score (nSPS) is 11.3. The zero-order valence-electron chi connectivity index (χ0n) is 16.7. The largest absolute Gasteiger partial charge is 0.480 e. The highest BCUT2D eigenvalue weighted by atomic mass is 19.4. The van der Waals surface area contributed by atoms with E-state index in [1.165, 1.54) is 18.5 Å². The van der Waals surface area contributed by atoms with Crippen LogP contribution in [0.15, 0.2) is 41.5 Å². The molecule has 0 atom stereocenters. The Morgan fingerprint density at radius 3 is 2.56 bits per heavy atom. The Bertz CT molecular complexity index is 1220. The molecule has 0 saturated heterocycles. The average Bonchev–Trinajstić information content (AvgIpc) is 2.69. The number of carboxylic acid groups (broad SMARTS) is 1. The first-order chi connectivity index (χ1) is 15.0. The van der Waals surface area contributed by atoms with Crippen LogP contribution in [0.1, 0.15) is 16.8 Å². The molecule has 32 heavy (non-hydrogen) atoms. The summed E-state index contributed by atoms with van der Waals surface area (Å²) in [7, 11) is 0. The molecule has 0 unspecified atom stereocenters. The molecule has 0 radical (unpaired) electrons. The number of aliphatic carboxylic acids is 1. The second kappa shape index (κ2) is 8.65. The number of ether oxygens (including phenoxy) is 1. The molecule has 0 saturated carbocycles. The van der Waals surface area contributed by atoms with E-state index in [2.05, 4.69) is 15.3 Å². The summed E-state index contributed by atoms with van der Waals surface area (Å²) in [5.41, 5.74) is -1.43. The predicted octanol–water partition coefficient (Wildman–Crippen LogP) is 3.61. The molecule has 8 nitrogen and oxygen atoms in total. The van der Waals surface area contributed by atoms with Crippen LogP contribution in [0.3, 0.4) is 0 Å². The maximum atomic E-state index is 14.1. The molecule has 3 rings (SSSR count). The molecule has 0 aliphatic heterocycles. The summed E-state index contributed by atoms with van der Waals surface area (Å²) < 4.78 is 58.6. The number of aromatic nitrogens is 3. The topological polar surface area (TPSA) is 106 Å². The van der Waals surface area contributed by atoms with Crippen LogP contribution in [0.25, 0.3) is 5.82 Å². The van der Waals surface area contributed by atoms with E-state index >= 15 is 0 Å². The third kappa shape index (κ3) is 4.85. The van der Waals surface area contributed by atoms with Crippen molar-refractivity contribution in [1.29, 1.82) is 0 Å². The molecular weight excluding hydrogens is 436 g/mol. The van der Waals surface area contributed by atoms with Crippen molar-refractivity contribution in [3.63, 3.8) is 0 Å². The molecule has 1 aromatic carbocycles. The number of alkyl halides is 3. The fourth-order valence-electron chi connectivity index (χ4n) is 2.87. The van der Waals surface area contributed by atoms with Crippen LogP contribution in [0, 0.1) is 19.7 Å². The minimum Gasteiger partial charge on any atom is -0.480 e. The van der Waals surface area contributed by atoms with Gasteiger partial charge < -0.3 is 15.2 Å². The van der Waals surface area contributed by atoms with Crippen molar-refractivity contribution in [3.05, 3.63) is 69.7 Å². The Hall–Kier alpha value is -3.96. The predicted molar refractivity (Wildman–Crippen MR) is 105 cm³/mol. The number of hydrogen-bond donors (Lipinski definition) is 2. The number of nitrogens with zero attached hydrogens (tertiary/aromatic N) is 3. The van der Waals surface area contributed by atoms with Crippen molar-refractivity contribution >= 4 is 17.5 Å². The molecule has 168 valence electrons. The van der Waals surface area contributed by atoms with E-state index in [-0.39, 0.29) is 23.1 Å². The van der Waals surface area contributed by atoms with E-state index in [1.54, 1.807) is 13.8 Å². The highest BCUT2D eigenvalue weighted by molar-refractivity contribution is 5.68. The van der Waals surface area contributed by atoms with Gasteiger partial charge in [-0.2, -0.15) is 13.2 Å². The maximum Gasteiger partial charge on any atom is 0.416 e. The lowest BCUT2D eigenvalue weighted by Crippen LogP contribution is -2.23. The van der Waals surface area contributed by atoms with Crippen molar-refractivity contribution in [2.75, 3.05) is 11.9 Å². The first-order valence-electron chi connectivity index (χ1n) is 9.02. The second-order valence-electron chi connectivity index (χ2n) is 6.66. The SMILES string of the molecule is Cc1cc(-n2ccnc(Nc3ccc(C(F)(F)F)cc3F)c2=O)nc(C)c1OCC(=O)O. The summed E-state index contributed by atoms with van der Waals surface area (Å²) in [4.78, 5) is 31.6. The van der Waals surface area contributed by atoms with Crippen LogP contribution >= 0.6 is 0 Å². The van der Waals surface area contributed by atoms with E-state index in [0.29, 0.717) is 23.4 Å². The summed E-state index contributed by atoms with van der Waals surface area (Å²) in [6.45, 7) is 2.64. The van der Waals surface area contributed by atoms with Gasteiger partial charge in [-0.05, 0) is 43.7 Å². The lowest BCUT2D eigenvalue weighted by Gasteiger charge is -2.14. The number of aryl methyl sites for hydroxylation is 2. The van der Waals surface area contributed by atoms with Gasteiger partial charge in [0.2, 0.25) is 0 Å². The van der Waals surface area contributed by atoms with Gasteiger partial charge in [0.15, 0.2) is 12.4 Å². The Labute approximate surface area is 178 Å². The molecular formula is C20H16F4N4O4. The number of rotatable bonds is 6. The smallest absolute Gasteiger partial charge is 0.416 e. The number of benzene rings is 1. The van der Waals surface area contributed by atoms with Gasteiger partial charge in [0.25, 0.3) is 5.56 Å². The minimum absolute atomic E-state index is 0.158. The fraction of sp³-hybridized carbons (Fsp3) is 0.200. The lowest BCUT2D eigenvalue weighted by molar-refractivity contribution is -0.139. The van der Waals surface area contributed by atoms with Gasteiger partial charge >= 0.3 is 12.1 Å². The Morgan fingerprint density at radius 2 is 1.97 bits per heavy atom. The third-order valence-electron chi connectivity index (χ3n) is 4.29. The zero-order valence-corrected chi connectivity index (χ0v) is 16.7. The first kappa shape index (κ1) is 22.7. The van der Waals surface area contributed by atoms with Gasteiger partial charge in [-0.1, -0.05) is 0 Å². The van der Waals surface area contributed by atoms with Crippen LogP contribution < -0.4 is 15.6 Å². The molecule has 2 N–H and O–H groups in total. The summed E-state index contributed by atoms with van der Waals surface area (Å²) in [5.74, 6) is -2.30. The molecule has 0 fully saturated rings. The number of pyridine rings is 1. The Balaban J connectivity index is 1.95. The van der Waals surface area contributed by atoms with Crippen LogP contribution in [0.5, 0.6) is 5.75 Å². The van der Waals surface area contributed by atoms with Crippen molar-refractivity contribution < 1.29 is 32.2 Å². The molecule has 0 aliphatic carbocycles. The number of carbonyl (C=O) groups is 1. The van der Waals surface area contributed by atoms with E-state index in [9.17, 15) is 27.2 Å². The van der Waals surface area contributed by atoms with Gasteiger partial charge in [-0.15, -0.1) is 0 Å². The lowest BCUT2D eigenvalue weighted by atomic mass is 10.2. The number of hydrogen-bond acceptors (Lipinski definition) is 6. The summed E-state index contributed by atoms with van der Waals surface area (Å²) in [6.07, 6.45) is -2.18. The number of halogens is 4. The van der Waals surface area contributed by atoms with Gasteiger partial charge in [0, 0.05) is 12.4 Å². The van der Waals surface area contributed by atoms with Crippen LogP contribution in [-0.2, 0) is 11.0 Å². The van der Waals surface area contributed by atoms with E-state index in [1.807, 2.05) is 0 Å². The molecule has 0 bridgehead atoms. The second-order valence-corrected chi connectivity index (χ2v) is 6.66. The monoisotopic (exact) mass is 452 g/mol.